The van der Waals surface area contributed by atoms with E-state index < -0.39 is 0 Å². The second-order valence-corrected chi connectivity index (χ2v) is 6.41. The lowest BCUT2D eigenvalue weighted by atomic mass is 10.2. The van der Waals surface area contributed by atoms with Gasteiger partial charge in [0.2, 0.25) is 0 Å². The van der Waals surface area contributed by atoms with Gasteiger partial charge in [0.05, 0.1) is 10.7 Å². The molecule has 2 heterocycles. The fourth-order valence-electron chi connectivity index (χ4n) is 2.15. The van der Waals surface area contributed by atoms with Gasteiger partial charge in [0, 0.05) is 23.2 Å². The van der Waals surface area contributed by atoms with Gasteiger partial charge in [-0.3, -0.25) is 9.20 Å². The average Bonchev–Trinajstić information content (AvgIpc) is 3.07. The largest absolute Gasteiger partial charge is 0.348 e. The number of halogens is 1. The predicted molar refractivity (Wildman–Crippen MR) is 90.7 cm³/mol. The van der Waals surface area contributed by atoms with Crippen LogP contribution >= 0.6 is 22.9 Å². The summed E-state index contributed by atoms with van der Waals surface area (Å²) in [6, 6.07) is 7.71. The molecular weight excluding hydrogens is 318 g/mol. The number of hydrogen-bond acceptors (Lipinski definition) is 3. The van der Waals surface area contributed by atoms with E-state index in [1.54, 1.807) is 0 Å². The molecule has 0 aliphatic rings. The number of carbonyl (C=O) groups excluding carboxylic acids is 1. The highest BCUT2D eigenvalue weighted by molar-refractivity contribution is 7.15. The summed E-state index contributed by atoms with van der Waals surface area (Å²) in [5.41, 5.74) is 2.24. The number of rotatable bonds is 4. The Bertz CT molecular complexity index is 824. The van der Waals surface area contributed by atoms with Crippen LogP contribution in [0.4, 0.5) is 0 Å². The summed E-state index contributed by atoms with van der Waals surface area (Å²) in [7, 11) is 0. The third-order valence-corrected chi connectivity index (χ3v) is 4.75. The molecule has 114 valence electrons. The third-order valence-electron chi connectivity index (χ3n) is 3.58. The number of carbonyl (C=O) groups is 1. The first-order valence-electron chi connectivity index (χ1n) is 7.12. The molecule has 1 aromatic carbocycles. The molecule has 3 rings (SSSR count). The molecule has 0 saturated heterocycles. The first-order valence-corrected chi connectivity index (χ1v) is 8.38. The van der Waals surface area contributed by atoms with E-state index in [-0.39, 0.29) is 11.9 Å². The number of nitrogens with one attached hydrogen (secondary N) is 1. The fraction of sp³-hybridized carbons (Fsp3) is 0.250. The molecule has 0 aliphatic heterocycles. The van der Waals surface area contributed by atoms with E-state index in [9.17, 15) is 4.79 Å². The number of benzene rings is 1. The molecule has 0 spiro atoms. The van der Waals surface area contributed by atoms with Gasteiger partial charge < -0.3 is 5.32 Å². The molecule has 6 heteroatoms. The second kappa shape index (κ2) is 6.10. The second-order valence-electron chi connectivity index (χ2n) is 5.16. The van der Waals surface area contributed by atoms with Gasteiger partial charge >= 0.3 is 0 Å². The van der Waals surface area contributed by atoms with E-state index in [0.29, 0.717) is 10.7 Å². The van der Waals surface area contributed by atoms with Crippen molar-refractivity contribution in [1.82, 2.24) is 14.7 Å². The first kappa shape index (κ1) is 15.1. The van der Waals surface area contributed by atoms with E-state index in [1.165, 1.54) is 11.3 Å². The third kappa shape index (κ3) is 2.74. The molecule has 3 aromatic rings. The van der Waals surface area contributed by atoms with Crippen molar-refractivity contribution in [2.45, 2.75) is 26.3 Å². The molecule has 22 heavy (non-hydrogen) atoms. The number of amides is 1. The number of nitrogens with zero attached hydrogens (tertiary/aromatic N) is 2. The smallest absolute Gasteiger partial charge is 0.269 e. The Labute approximate surface area is 137 Å². The van der Waals surface area contributed by atoms with Crippen molar-refractivity contribution in [2.24, 2.45) is 0 Å². The molecule has 4 nitrogen and oxygen atoms in total. The van der Waals surface area contributed by atoms with Crippen molar-refractivity contribution in [2.75, 3.05) is 0 Å². The minimum absolute atomic E-state index is 0.0799. The van der Waals surface area contributed by atoms with Crippen LogP contribution in [0.15, 0.2) is 35.8 Å². The van der Waals surface area contributed by atoms with Gasteiger partial charge in [-0.05, 0) is 19.4 Å². The van der Waals surface area contributed by atoms with E-state index >= 15 is 0 Å². The Morgan fingerprint density at radius 2 is 2.23 bits per heavy atom. The van der Waals surface area contributed by atoms with Crippen LogP contribution in [0.25, 0.3) is 16.2 Å². The summed E-state index contributed by atoms with van der Waals surface area (Å²) in [6.45, 7) is 4.03. The molecule has 1 N–H and O–H groups in total. The molecule has 2 aromatic heterocycles. The topological polar surface area (TPSA) is 46.4 Å². The number of thiazole rings is 1. The maximum atomic E-state index is 12.3. The number of fused-ring (bicyclic) bond motifs is 1. The van der Waals surface area contributed by atoms with Crippen molar-refractivity contribution < 1.29 is 4.79 Å². The maximum absolute atomic E-state index is 12.3. The minimum Gasteiger partial charge on any atom is -0.348 e. The van der Waals surface area contributed by atoms with Crippen LogP contribution in [0.2, 0.25) is 5.02 Å². The molecule has 1 amide bonds. The van der Waals surface area contributed by atoms with Crippen LogP contribution in [0.5, 0.6) is 0 Å². The highest BCUT2D eigenvalue weighted by atomic mass is 35.5. The zero-order valence-corrected chi connectivity index (χ0v) is 13.9. The molecular formula is C16H16ClN3OS. The predicted octanol–water partition coefficient (Wildman–Crippen LogP) is 4.24. The van der Waals surface area contributed by atoms with Crippen molar-refractivity contribution in [3.8, 4) is 11.3 Å². The van der Waals surface area contributed by atoms with Crippen molar-refractivity contribution in [3.05, 3.63) is 46.6 Å². The van der Waals surface area contributed by atoms with Crippen molar-refractivity contribution in [3.63, 3.8) is 0 Å². The quantitative estimate of drug-likeness (QED) is 0.776. The Morgan fingerprint density at radius 1 is 1.45 bits per heavy atom. The summed E-state index contributed by atoms with van der Waals surface area (Å²) in [5.74, 6) is -0.0799. The van der Waals surface area contributed by atoms with Crippen LogP contribution in [-0.2, 0) is 0 Å². The number of imidazole rings is 1. The van der Waals surface area contributed by atoms with Crippen molar-refractivity contribution in [1.29, 1.82) is 0 Å². The SMILES string of the molecule is CC[C@@H](C)NC(=O)c1csc2nc(-c3ccccc3Cl)cn12. The molecule has 0 bridgehead atoms. The summed E-state index contributed by atoms with van der Waals surface area (Å²) in [4.78, 5) is 17.7. The van der Waals surface area contributed by atoms with E-state index in [0.717, 1.165) is 22.6 Å². The summed E-state index contributed by atoms with van der Waals surface area (Å²) >= 11 is 7.66. The molecule has 0 aliphatic carbocycles. The highest BCUT2D eigenvalue weighted by Crippen LogP contribution is 2.29. The first-order chi connectivity index (χ1) is 10.6. The average molecular weight is 334 g/mol. The van der Waals surface area contributed by atoms with E-state index in [2.05, 4.69) is 10.3 Å². The van der Waals surface area contributed by atoms with Gasteiger partial charge in [-0.2, -0.15) is 0 Å². The molecule has 1 atom stereocenters. The van der Waals surface area contributed by atoms with Crippen LogP contribution in [0.3, 0.4) is 0 Å². The molecule has 0 unspecified atom stereocenters. The Morgan fingerprint density at radius 3 is 2.95 bits per heavy atom. The fourth-order valence-corrected chi connectivity index (χ4v) is 3.23. The molecule has 0 fully saturated rings. The lowest BCUT2D eigenvalue weighted by Gasteiger charge is -2.10. The Hall–Kier alpha value is -1.85. The minimum atomic E-state index is -0.0799. The molecule has 0 saturated carbocycles. The van der Waals surface area contributed by atoms with Gasteiger partial charge in [0.15, 0.2) is 4.96 Å². The lowest BCUT2D eigenvalue weighted by molar-refractivity contribution is 0.0933. The lowest BCUT2D eigenvalue weighted by Crippen LogP contribution is -2.32. The van der Waals surface area contributed by atoms with Crippen LogP contribution in [-0.4, -0.2) is 21.3 Å². The standard InChI is InChI=1S/C16H16ClN3OS/c1-3-10(2)18-15(21)14-9-22-16-19-13(8-20(14)16)11-6-4-5-7-12(11)17/h4-10H,3H2,1-2H3,(H,18,21)/t10-/m1/s1. The molecule has 0 radical (unpaired) electrons. The van der Waals surface area contributed by atoms with Crippen LogP contribution in [0, 0.1) is 0 Å². The normalized spacial score (nSPS) is 12.5. The Balaban J connectivity index is 1.99. The number of hydrogen-bond donors (Lipinski definition) is 1. The van der Waals surface area contributed by atoms with Gasteiger partial charge in [0.1, 0.15) is 5.69 Å². The van der Waals surface area contributed by atoms with Gasteiger partial charge in [-0.15, -0.1) is 11.3 Å². The monoisotopic (exact) mass is 333 g/mol. The van der Waals surface area contributed by atoms with E-state index in [1.807, 2.05) is 54.1 Å². The summed E-state index contributed by atoms with van der Waals surface area (Å²) in [5, 5.41) is 5.46. The van der Waals surface area contributed by atoms with Gasteiger partial charge in [0.25, 0.3) is 5.91 Å². The van der Waals surface area contributed by atoms with Crippen LogP contribution in [0.1, 0.15) is 30.8 Å². The Kier molecular flexibility index (Phi) is 4.18. The summed E-state index contributed by atoms with van der Waals surface area (Å²) in [6.07, 6.45) is 2.76. The van der Waals surface area contributed by atoms with Crippen molar-refractivity contribution >= 4 is 33.8 Å². The summed E-state index contributed by atoms with van der Waals surface area (Å²) < 4.78 is 1.82. The van der Waals surface area contributed by atoms with Gasteiger partial charge in [-0.1, -0.05) is 36.7 Å². The maximum Gasteiger partial charge on any atom is 0.269 e. The van der Waals surface area contributed by atoms with E-state index in [4.69, 9.17) is 11.6 Å². The van der Waals surface area contributed by atoms with Crippen LogP contribution < -0.4 is 5.32 Å². The number of aromatic nitrogens is 2. The highest BCUT2D eigenvalue weighted by Gasteiger charge is 2.17. The van der Waals surface area contributed by atoms with Gasteiger partial charge in [-0.25, -0.2) is 4.98 Å². The zero-order chi connectivity index (χ0) is 15.7. The zero-order valence-electron chi connectivity index (χ0n) is 12.3.